The first-order chi connectivity index (χ1) is 12.7. The van der Waals surface area contributed by atoms with Crippen molar-refractivity contribution < 1.29 is 19.0 Å². The van der Waals surface area contributed by atoms with E-state index in [-0.39, 0.29) is 12.0 Å². The van der Waals surface area contributed by atoms with Gasteiger partial charge in [0.25, 0.3) is 0 Å². The van der Waals surface area contributed by atoms with Crippen LogP contribution < -0.4 is 14.8 Å². The van der Waals surface area contributed by atoms with E-state index in [1.54, 1.807) is 14.2 Å². The van der Waals surface area contributed by atoms with E-state index in [0.717, 1.165) is 62.3 Å². The first-order valence-electron chi connectivity index (χ1n) is 9.55. The van der Waals surface area contributed by atoms with Gasteiger partial charge in [-0.1, -0.05) is 26.2 Å². The molecule has 0 aliphatic carbocycles. The number of anilines is 1. The summed E-state index contributed by atoms with van der Waals surface area (Å²) in [5.74, 6) is 1.38. The van der Waals surface area contributed by atoms with Crippen molar-refractivity contribution in [1.29, 1.82) is 0 Å². The van der Waals surface area contributed by atoms with Crippen LogP contribution in [-0.4, -0.2) is 51.0 Å². The number of nitrogens with zero attached hydrogens (tertiary/aromatic N) is 1. The van der Waals surface area contributed by atoms with Crippen molar-refractivity contribution in [3.05, 3.63) is 18.2 Å². The molecule has 1 aromatic rings. The normalized spacial score (nSPS) is 17.6. The molecule has 1 fully saturated rings. The van der Waals surface area contributed by atoms with Crippen LogP contribution >= 0.6 is 0 Å². The van der Waals surface area contributed by atoms with Gasteiger partial charge in [-0.3, -0.25) is 9.69 Å². The minimum atomic E-state index is -0.162. The molecular weight excluding hydrogens is 332 g/mol. The standard InChI is InChI=1S/C20H32N2O4/c1-4-5-8-11-26-20(23)19-9-6-7-10-22(19)15-21-16-12-17(24-2)14-18(13-16)25-3/h12-14,19,21H,4-11,15H2,1-3H3/t19-/m0/s1. The summed E-state index contributed by atoms with van der Waals surface area (Å²) in [6.07, 6.45) is 6.19. The second kappa shape index (κ2) is 10.9. The molecule has 1 N–H and O–H groups in total. The summed E-state index contributed by atoms with van der Waals surface area (Å²) in [5, 5.41) is 3.38. The van der Waals surface area contributed by atoms with Crippen LogP contribution in [0.5, 0.6) is 11.5 Å². The van der Waals surface area contributed by atoms with Crippen molar-refractivity contribution in [1.82, 2.24) is 4.90 Å². The molecule has 1 saturated heterocycles. The third-order valence-electron chi connectivity index (χ3n) is 4.72. The molecule has 1 heterocycles. The van der Waals surface area contributed by atoms with Crippen molar-refractivity contribution in [2.24, 2.45) is 0 Å². The lowest BCUT2D eigenvalue weighted by molar-refractivity contribution is -0.151. The Morgan fingerprint density at radius 3 is 2.54 bits per heavy atom. The van der Waals surface area contributed by atoms with Gasteiger partial charge in [-0.15, -0.1) is 0 Å². The molecular formula is C20H32N2O4. The van der Waals surface area contributed by atoms with Gasteiger partial charge in [0.05, 0.1) is 27.5 Å². The van der Waals surface area contributed by atoms with Crippen molar-refractivity contribution >= 4 is 11.7 Å². The molecule has 6 nitrogen and oxygen atoms in total. The maximum absolute atomic E-state index is 12.5. The van der Waals surface area contributed by atoms with Crippen LogP contribution in [0.3, 0.4) is 0 Å². The number of hydrogen-bond acceptors (Lipinski definition) is 6. The van der Waals surface area contributed by atoms with Gasteiger partial charge < -0.3 is 19.5 Å². The summed E-state index contributed by atoms with van der Waals surface area (Å²) in [7, 11) is 3.27. The summed E-state index contributed by atoms with van der Waals surface area (Å²) in [5.41, 5.74) is 0.904. The number of nitrogens with one attached hydrogen (secondary N) is 1. The highest BCUT2D eigenvalue weighted by atomic mass is 16.5. The molecule has 26 heavy (non-hydrogen) atoms. The number of methoxy groups -OCH3 is 2. The summed E-state index contributed by atoms with van der Waals surface area (Å²) in [6, 6.07) is 5.52. The van der Waals surface area contributed by atoms with Crippen LogP contribution in [0.2, 0.25) is 0 Å². The molecule has 1 aliphatic rings. The zero-order valence-corrected chi connectivity index (χ0v) is 16.3. The Balaban J connectivity index is 1.92. The quantitative estimate of drug-likeness (QED) is 0.505. The van der Waals surface area contributed by atoms with Gasteiger partial charge >= 0.3 is 5.97 Å². The van der Waals surface area contributed by atoms with Gasteiger partial charge in [0.1, 0.15) is 17.5 Å². The predicted molar refractivity (Wildman–Crippen MR) is 103 cm³/mol. The number of benzene rings is 1. The fourth-order valence-electron chi connectivity index (χ4n) is 3.17. The van der Waals surface area contributed by atoms with Crippen molar-refractivity contribution in [2.45, 2.75) is 51.5 Å². The number of carbonyl (C=O) groups is 1. The minimum absolute atomic E-state index is 0.0918. The van der Waals surface area contributed by atoms with Crippen LogP contribution in [0.4, 0.5) is 5.69 Å². The number of esters is 1. The van der Waals surface area contributed by atoms with Gasteiger partial charge in [0, 0.05) is 30.4 Å². The minimum Gasteiger partial charge on any atom is -0.497 e. The molecule has 1 aliphatic heterocycles. The van der Waals surface area contributed by atoms with Crippen LogP contribution in [0.15, 0.2) is 18.2 Å². The maximum Gasteiger partial charge on any atom is 0.323 e. The van der Waals surface area contributed by atoms with Crippen molar-refractivity contribution in [3.8, 4) is 11.5 Å². The molecule has 0 unspecified atom stereocenters. The van der Waals surface area contributed by atoms with Crippen LogP contribution in [0.25, 0.3) is 0 Å². The molecule has 146 valence electrons. The van der Waals surface area contributed by atoms with E-state index in [4.69, 9.17) is 14.2 Å². The Morgan fingerprint density at radius 2 is 1.88 bits per heavy atom. The van der Waals surface area contributed by atoms with Crippen LogP contribution in [-0.2, 0) is 9.53 Å². The topological polar surface area (TPSA) is 60.0 Å². The molecule has 2 rings (SSSR count). The SMILES string of the molecule is CCCCCOC(=O)[C@@H]1CCCCN1CNc1cc(OC)cc(OC)c1. The number of carbonyl (C=O) groups excluding carboxylic acids is 1. The van der Waals surface area contributed by atoms with E-state index in [9.17, 15) is 4.79 Å². The van der Waals surface area contributed by atoms with Gasteiger partial charge in [0.2, 0.25) is 0 Å². The third-order valence-corrected chi connectivity index (χ3v) is 4.72. The van der Waals surface area contributed by atoms with Gasteiger partial charge in [-0.25, -0.2) is 0 Å². The maximum atomic E-state index is 12.5. The first kappa shape index (κ1) is 20.4. The number of rotatable bonds is 10. The third kappa shape index (κ3) is 6.09. The fraction of sp³-hybridized carbons (Fsp3) is 0.650. The van der Waals surface area contributed by atoms with E-state index in [1.807, 2.05) is 18.2 Å². The fourth-order valence-corrected chi connectivity index (χ4v) is 3.17. The van der Waals surface area contributed by atoms with Gasteiger partial charge in [0.15, 0.2) is 0 Å². The zero-order chi connectivity index (χ0) is 18.8. The monoisotopic (exact) mass is 364 g/mol. The molecule has 0 bridgehead atoms. The Bertz CT molecular complexity index is 542. The Hall–Kier alpha value is -1.95. The largest absolute Gasteiger partial charge is 0.497 e. The Labute approximate surface area is 156 Å². The number of unbranched alkanes of at least 4 members (excludes halogenated alkanes) is 2. The van der Waals surface area contributed by atoms with E-state index >= 15 is 0 Å². The predicted octanol–water partition coefficient (Wildman–Crippen LogP) is 3.66. The molecule has 1 aromatic carbocycles. The molecule has 1 atom stereocenters. The summed E-state index contributed by atoms with van der Waals surface area (Å²) >= 11 is 0. The zero-order valence-electron chi connectivity index (χ0n) is 16.3. The lowest BCUT2D eigenvalue weighted by Crippen LogP contribution is -2.47. The number of likely N-dealkylation sites (tertiary alicyclic amines) is 1. The molecule has 6 heteroatoms. The number of ether oxygens (including phenoxy) is 3. The average molecular weight is 364 g/mol. The molecule has 0 radical (unpaired) electrons. The Morgan fingerprint density at radius 1 is 1.15 bits per heavy atom. The highest BCUT2D eigenvalue weighted by Crippen LogP contribution is 2.26. The van der Waals surface area contributed by atoms with E-state index in [1.165, 1.54) is 0 Å². The average Bonchev–Trinajstić information content (AvgIpc) is 2.69. The van der Waals surface area contributed by atoms with Crippen LogP contribution in [0, 0.1) is 0 Å². The highest BCUT2D eigenvalue weighted by molar-refractivity contribution is 5.76. The van der Waals surface area contributed by atoms with Gasteiger partial charge in [-0.05, 0) is 19.3 Å². The van der Waals surface area contributed by atoms with E-state index in [0.29, 0.717) is 13.3 Å². The first-order valence-corrected chi connectivity index (χ1v) is 9.55. The lowest BCUT2D eigenvalue weighted by atomic mass is 10.0. The number of piperidine rings is 1. The second-order valence-corrected chi connectivity index (χ2v) is 6.63. The molecule has 0 aromatic heterocycles. The molecule has 0 spiro atoms. The lowest BCUT2D eigenvalue weighted by Gasteiger charge is -2.34. The highest BCUT2D eigenvalue weighted by Gasteiger charge is 2.29. The molecule has 0 amide bonds. The van der Waals surface area contributed by atoms with Crippen molar-refractivity contribution in [3.63, 3.8) is 0 Å². The molecule has 0 saturated carbocycles. The van der Waals surface area contributed by atoms with Gasteiger partial charge in [-0.2, -0.15) is 0 Å². The summed E-state index contributed by atoms with van der Waals surface area (Å²) in [4.78, 5) is 14.6. The summed E-state index contributed by atoms with van der Waals surface area (Å²) in [6.45, 7) is 4.15. The smallest absolute Gasteiger partial charge is 0.323 e. The second-order valence-electron chi connectivity index (χ2n) is 6.63. The number of hydrogen-bond donors (Lipinski definition) is 1. The van der Waals surface area contributed by atoms with E-state index < -0.39 is 0 Å². The van der Waals surface area contributed by atoms with E-state index in [2.05, 4.69) is 17.1 Å². The Kier molecular flexibility index (Phi) is 8.54. The van der Waals surface area contributed by atoms with Crippen molar-refractivity contribution in [2.75, 3.05) is 39.4 Å². The summed E-state index contributed by atoms with van der Waals surface area (Å²) < 4.78 is 16.1. The van der Waals surface area contributed by atoms with Crippen LogP contribution in [0.1, 0.15) is 45.4 Å².